The maximum Gasteiger partial charge on any atom is 0.253 e. The lowest BCUT2D eigenvalue weighted by atomic mass is 10.2. The number of rotatable bonds is 34. The summed E-state index contributed by atoms with van der Waals surface area (Å²) in [7, 11) is 0. The Morgan fingerprint density at radius 3 is 1.29 bits per heavy atom. The van der Waals surface area contributed by atoms with Gasteiger partial charge in [-0.05, 0) is 31.3 Å². The van der Waals surface area contributed by atoms with Crippen molar-refractivity contribution >= 4 is 40.7 Å². The Balaban J connectivity index is 1.17. The van der Waals surface area contributed by atoms with Crippen molar-refractivity contribution in [3.05, 3.63) is 42.0 Å². The first kappa shape index (κ1) is 45.1. The third kappa shape index (κ3) is 25.0. The molecule has 0 aromatic heterocycles. The molecule has 0 aliphatic carbocycles. The minimum absolute atomic E-state index is 0.0519. The zero-order chi connectivity index (χ0) is 37.3. The molecule has 0 radical (unpaired) electrons. The van der Waals surface area contributed by atoms with Gasteiger partial charge in [0.05, 0.1) is 119 Å². The average Bonchev–Trinajstić information content (AvgIpc) is 3.46. The molecule has 0 unspecified atom stereocenters. The van der Waals surface area contributed by atoms with Gasteiger partial charge in [-0.15, -0.1) is 0 Å². The molecular formula is C35H56N4O12S. The van der Waals surface area contributed by atoms with Crippen molar-refractivity contribution < 1.29 is 57.0 Å². The van der Waals surface area contributed by atoms with Crippen molar-refractivity contribution in [3.63, 3.8) is 0 Å². The van der Waals surface area contributed by atoms with Crippen LogP contribution in [-0.2, 0) is 57.0 Å². The van der Waals surface area contributed by atoms with Gasteiger partial charge in [-0.1, -0.05) is 17.7 Å². The standard InChI is InChI=1S/C35H56N4O12S/c1-30-2-4-31(5-3-30)38-35(52)37-10-13-44-15-17-46-19-21-48-23-25-50-27-29-51-28-26-49-24-22-47-20-18-45-16-14-43-12-9-36-32(40)8-11-39-33(41)6-7-34(39)42/h2-7H,8-29H2,1H3,(H,36,40)(H2,37,38,52). The normalized spacial score (nSPS) is 12.5. The SMILES string of the molecule is Cc1ccc(NC(=S)NCCOCCOCCOCCOCCOCCOCCOCCOCCOCCNC(=O)CCN2C(=O)C=CC2=O)cc1. The van der Waals surface area contributed by atoms with E-state index in [9.17, 15) is 14.4 Å². The van der Waals surface area contributed by atoms with E-state index in [1.807, 2.05) is 31.2 Å². The number of hydrogen-bond donors (Lipinski definition) is 3. The Bertz CT molecular complexity index is 1130. The second kappa shape index (κ2) is 31.4. The lowest BCUT2D eigenvalue weighted by Gasteiger charge is -2.13. The van der Waals surface area contributed by atoms with Crippen molar-refractivity contribution in [1.29, 1.82) is 0 Å². The summed E-state index contributed by atoms with van der Waals surface area (Å²) < 4.78 is 49.3. The van der Waals surface area contributed by atoms with Gasteiger partial charge in [-0.3, -0.25) is 19.3 Å². The lowest BCUT2D eigenvalue weighted by Crippen LogP contribution is -2.35. The first-order valence-corrected chi connectivity index (χ1v) is 18.0. The molecule has 0 fully saturated rings. The van der Waals surface area contributed by atoms with Crippen LogP contribution in [0.25, 0.3) is 0 Å². The third-order valence-corrected chi connectivity index (χ3v) is 7.10. The van der Waals surface area contributed by atoms with Crippen LogP contribution in [0.1, 0.15) is 12.0 Å². The fourth-order valence-electron chi connectivity index (χ4n) is 4.13. The fraction of sp³-hybridized carbons (Fsp3) is 0.657. The van der Waals surface area contributed by atoms with E-state index in [1.54, 1.807) is 0 Å². The Morgan fingerprint density at radius 2 is 0.904 bits per heavy atom. The topological polar surface area (TPSA) is 174 Å². The van der Waals surface area contributed by atoms with Crippen LogP contribution in [0.5, 0.6) is 0 Å². The van der Waals surface area contributed by atoms with Gasteiger partial charge >= 0.3 is 0 Å². The largest absolute Gasteiger partial charge is 0.377 e. The molecule has 1 aliphatic rings. The number of anilines is 1. The third-order valence-electron chi connectivity index (χ3n) is 6.85. The monoisotopic (exact) mass is 756 g/mol. The zero-order valence-corrected chi connectivity index (χ0v) is 31.1. The summed E-state index contributed by atoms with van der Waals surface area (Å²) in [5, 5.41) is 9.48. The summed E-state index contributed by atoms with van der Waals surface area (Å²) in [6.07, 6.45) is 2.44. The van der Waals surface area contributed by atoms with Gasteiger partial charge in [0.1, 0.15) is 0 Å². The maximum absolute atomic E-state index is 11.8. The van der Waals surface area contributed by atoms with Gasteiger partial charge in [0.25, 0.3) is 11.8 Å². The smallest absolute Gasteiger partial charge is 0.253 e. The molecule has 294 valence electrons. The first-order valence-electron chi connectivity index (χ1n) is 17.6. The van der Waals surface area contributed by atoms with Gasteiger partial charge in [0, 0.05) is 43.9 Å². The number of thiocarbonyl (C=S) groups is 1. The van der Waals surface area contributed by atoms with Crippen LogP contribution in [0.3, 0.4) is 0 Å². The highest BCUT2D eigenvalue weighted by Gasteiger charge is 2.23. The molecule has 3 amide bonds. The zero-order valence-electron chi connectivity index (χ0n) is 30.3. The van der Waals surface area contributed by atoms with Crippen LogP contribution in [0, 0.1) is 6.92 Å². The molecule has 0 bridgehead atoms. The summed E-state index contributed by atoms with van der Waals surface area (Å²) in [5.41, 5.74) is 2.15. The summed E-state index contributed by atoms with van der Waals surface area (Å²) in [6, 6.07) is 8.03. The van der Waals surface area contributed by atoms with E-state index < -0.39 is 11.8 Å². The number of carbonyl (C=O) groups is 3. The van der Waals surface area contributed by atoms with E-state index in [0.717, 1.165) is 10.6 Å². The molecule has 16 nitrogen and oxygen atoms in total. The highest BCUT2D eigenvalue weighted by molar-refractivity contribution is 7.80. The minimum atomic E-state index is -0.397. The van der Waals surface area contributed by atoms with Gasteiger partial charge in [-0.25, -0.2) is 0 Å². The highest BCUT2D eigenvalue weighted by Crippen LogP contribution is 2.08. The van der Waals surface area contributed by atoms with E-state index in [1.165, 1.54) is 17.7 Å². The Kier molecular flexibility index (Phi) is 27.2. The lowest BCUT2D eigenvalue weighted by molar-refractivity contribution is -0.137. The molecule has 52 heavy (non-hydrogen) atoms. The second-order valence-corrected chi connectivity index (χ2v) is 11.4. The number of carbonyl (C=O) groups excluding carboxylic acids is 3. The first-order chi connectivity index (χ1) is 25.5. The predicted octanol–water partition coefficient (Wildman–Crippen LogP) is 0.862. The van der Waals surface area contributed by atoms with E-state index in [-0.39, 0.29) is 18.9 Å². The van der Waals surface area contributed by atoms with Crippen LogP contribution in [-0.4, -0.2) is 166 Å². The fourth-order valence-corrected chi connectivity index (χ4v) is 4.35. The molecule has 17 heteroatoms. The summed E-state index contributed by atoms with van der Waals surface area (Å²) >= 11 is 5.28. The molecule has 1 aromatic rings. The van der Waals surface area contributed by atoms with Crippen molar-refractivity contribution in [2.75, 3.05) is 144 Å². The van der Waals surface area contributed by atoms with Crippen molar-refractivity contribution in [2.45, 2.75) is 13.3 Å². The van der Waals surface area contributed by atoms with Crippen LogP contribution in [0.15, 0.2) is 36.4 Å². The number of amides is 3. The van der Waals surface area contributed by atoms with Crippen LogP contribution < -0.4 is 16.0 Å². The Hall–Kier alpha value is -3.10. The number of aryl methyl sites for hydroxylation is 1. The number of nitrogens with zero attached hydrogens (tertiary/aromatic N) is 1. The number of hydrogen-bond acceptors (Lipinski definition) is 13. The maximum atomic E-state index is 11.8. The van der Waals surface area contributed by atoms with Crippen molar-refractivity contribution in [1.82, 2.24) is 15.5 Å². The van der Waals surface area contributed by atoms with E-state index >= 15 is 0 Å². The number of ether oxygens (including phenoxy) is 9. The minimum Gasteiger partial charge on any atom is -0.377 e. The van der Waals surface area contributed by atoms with Gasteiger partial charge < -0.3 is 58.6 Å². The second-order valence-electron chi connectivity index (χ2n) is 11.0. The summed E-state index contributed by atoms with van der Waals surface area (Å²) in [6.45, 7) is 11.4. The predicted molar refractivity (Wildman–Crippen MR) is 196 cm³/mol. The van der Waals surface area contributed by atoms with Crippen molar-refractivity contribution in [2.24, 2.45) is 0 Å². The molecule has 2 rings (SSSR count). The average molecular weight is 757 g/mol. The quantitative estimate of drug-likeness (QED) is 0.0513. The van der Waals surface area contributed by atoms with Crippen molar-refractivity contribution in [3.8, 4) is 0 Å². The Labute approximate surface area is 312 Å². The van der Waals surface area contributed by atoms with Crippen LogP contribution in [0.4, 0.5) is 5.69 Å². The molecule has 1 aliphatic heterocycles. The molecule has 3 N–H and O–H groups in total. The van der Waals surface area contributed by atoms with E-state index in [4.69, 9.17) is 54.8 Å². The van der Waals surface area contributed by atoms with Gasteiger partial charge in [0.2, 0.25) is 5.91 Å². The van der Waals surface area contributed by atoms with Crippen LogP contribution in [0.2, 0.25) is 0 Å². The molecule has 0 spiro atoms. The molecule has 0 saturated carbocycles. The molecule has 0 atom stereocenters. The van der Waals surface area contributed by atoms with Crippen LogP contribution >= 0.6 is 12.2 Å². The van der Waals surface area contributed by atoms with E-state index in [2.05, 4.69) is 16.0 Å². The van der Waals surface area contributed by atoms with Gasteiger partial charge in [0.15, 0.2) is 5.11 Å². The molecular weight excluding hydrogens is 700 g/mol. The van der Waals surface area contributed by atoms with Gasteiger partial charge in [-0.2, -0.15) is 0 Å². The number of imide groups is 1. The van der Waals surface area contributed by atoms with E-state index in [0.29, 0.717) is 137 Å². The highest BCUT2D eigenvalue weighted by atomic mass is 32.1. The molecule has 1 aromatic carbocycles. The summed E-state index contributed by atoms with van der Waals surface area (Å²) in [5.74, 6) is -1.05. The molecule has 1 heterocycles. The Morgan fingerprint density at radius 1 is 0.558 bits per heavy atom. The molecule has 0 saturated heterocycles. The summed E-state index contributed by atoms with van der Waals surface area (Å²) in [4.78, 5) is 35.7. The number of nitrogens with one attached hydrogen (secondary N) is 3. The number of benzene rings is 1.